The fourth-order valence-corrected chi connectivity index (χ4v) is 9.13. The van der Waals surface area contributed by atoms with Crippen molar-refractivity contribution in [1.82, 2.24) is 40.4 Å². The van der Waals surface area contributed by atoms with Gasteiger partial charge in [0.1, 0.15) is 36.1 Å². The number of nitrogens with one attached hydrogen (secondary N) is 4. The second kappa shape index (κ2) is 16.4. The van der Waals surface area contributed by atoms with Crippen LogP contribution in [0.15, 0.2) is 36.5 Å². The van der Waals surface area contributed by atoms with Crippen LogP contribution in [0.25, 0.3) is 33.6 Å². The maximum Gasteiger partial charge on any atom is 0.407 e. The van der Waals surface area contributed by atoms with Gasteiger partial charge in [0, 0.05) is 29.9 Å². The van der Waals surface area contributed by atoms with Gasteiger partial charge in [0.25, 0.3) is 0 Å². The lowest BCUT2D eigenvalue weighted by molar-refractivity contribution is -0.138. The average molecular weight is 807 g/mol. The molecule has 312 valence electrons. The van der Waals surface area contributed by atoms with E-state index in [0.29, 0.717) is 19.7 Å². The smallest absolute Gasteiger partial charge is 0.407 e. The molecule has 2 fully saturated rings. The molecule has 4 aliphatic rings. The van der Waals surface area contributed by atoms with Crippen molar-refractivity contribution in [2.24, 2.45) is 11.8 Å². The Kier molecular flexibility index (Phi) is 11.1. The third-order valence-corrected chi connectivity index (χ3v) is 12.3. The van der Waals surface area contributed by atoms with Crippen LogP contribution in [0.1, 0.15) is 100 Å². The Hall–Kier alpha value is -5.86. The van der Waals surface area contributed by atoms with Gasteiger partial charge < -0.3 is 44.6 Å². The summed E-state index contributed by atoms with van der Waals surface area (Å²) in [7, 11) is 2.60. The van der Waals surface area contributed by atoms with Gasteiger partial charge in [0.15, 0.2) is 0 Å². The molecule has 2 aromatic carbocycles. The molecule has 0 radical (unpaired) electrons. The van der Waals surface area contributed by atoms with Gasteiger partial charge in [-0.3, -0.25) is 9.59 Å². The first-order valence-electron chi connectivity index (χ1n) is 20.8. The fraction of sp³-hybridized carbons (Fsp3) is 0.500. The van der Waals surface area contributed by atoms with E-state index in [1.807, 2.05) is 43.7 Å². The van der Waals surface area contributed by atoms with Crippen LogP contribution in [-0.4, -0.2) is 93.1 Å². The van der Waals surface area contributed by atoms with Crippen molar-refractivity contribution >= 4 is 24.0 Å². The molecule has 0 spiro atoms. The van der Waals surface area contributed by atoms with E-state index < -0.39 is 24.3 Å². The zero-order valence-electron chi connectivity index (χ0n) is 34.6. The number of hydrogen-bond acceptors (Lipinski definition) is 9. The monoisotopic (exact) mass is 806 g/mol. The highest BCUT2D eigenvalue weighted by molar-refractivity contribution is 5.88. The number of aromatic nitrogens is 4. The number of aromatic amines is 2. The minimum absolute atomic E-state index is 0.113. The maximum absolute atomic E-state index is 13.9. The predicted molar refractivity (Wildman–Crippen MR) is 219 cm³/mol. The molecule has 15 nitrogen and oxygen atoms in total. The topological polar surface area (TPSA) is 184 Å². The van der Waals surface area contributed by atoms with Gasteiger partial charge in [-0.05, 0) is 97.2 Å². The molecule has 0 saturated carbocycles. The number of amides is 4. The second-order valence-electron chi connectivity index (χ2n) is 16.7. The van der Waals surface area contributed by atoms with Gasteiger partial charge in [-0.25, -0.2) is 19.6 Å². The summed E-state index contributed by atoms with van der Waals surface area (Å²) < 4.78 is 16.0. The molecule has 2 aromatic heterocycles. The first-order valence-corrected chi connectivity index (χ1v) is 20.8. The minimum atomic E-state index is -0.699. The zero-order valence-corrected chi connectivity index (χ0v) is 34.6. The van der Waals surface area contributed by atoms with E-state index in [0.717, 1.165) is 107 Å². The number of carbonyl (C=O) groups excluding carboxylic acids is 4. The highest BCUT2D eigenvalue weighted by Crippen LogP contribution is 2.45. The molecule has 59 heavy (non-hydrogen) atoms. The first-order chi connectivity index (χ1) is 28.4. The SMILES string of the molecule is COC(=O)NC(C(=O)N1CCC[C@H]1c1ncc(-c2ccc3c(c2)COc2cc4c(cc2-3)CCc2[nH]c([C@@H]3CCCCN3C(=O)[C@@H](NC(=O)OC)C(C)C)nc2-4)[nH]1)C(C)C. The third kappa shape index (κ3) is 7.62. The fourth-order valence-electron chi connectivity index (χ4n) is 9.13. The molecule has 4 aromatic rings. The van der Waals surface area contributed by atoms with Gasteiger partial charge in [-0.1, -0.05) is 39.8 Å². The molecule has 4 amide bonds. The Bertz CT molecular complexity index is 2260. The number of hydrogen-bond donors (Lipinski definition) is 4. The summed E-state index contributed by atoms with van der Waals surface area (Å²) in [5.41, 5.74) is 9.25. The lowest BCUT2D eigenvalue weighted by atomic mass is 9.86. The summed E-state index contributed by atoms with van der Waals surface area (Å²) in [5.74, 6) is 1.81. The standard InChI is InChI=1S/C44H54N8O7/c1-23(2)36(49-43(55)57-5)41(53)51-16-8-7-10-34(51)40-46-31-15-13-25-19-30-28-14-12-26(18-27(28)22-59-35(30)20-29(25)38(31)48-40)32-21-45-39(47-32)33-11-9-17-52(33)42(54)37(24(3)4)50-44(56)58-6/h12,14,18-21,23-24,33-34,36-37H,7-11,13,15-17,22H2,1-6H3,(H,45,47)(H,46,48)(H,49,55)(H,50,56)/t33-,34-,36-,37?/m0/s1. The normalized spacial score (nSPS) is 19.2. The number of fused-ring (bicyclic) bond motifs is 6. The Balaban J connectivity index is 1.01. The molecule has 1 aliphatic carbocycles. The van der Waals surface area contributed by atoms with Crippen molar-refractivity contribution in [3.63, 3.8) is 0 Å². The number of imidazole rings is 2. The molecular weight excluding hydrogens is 753 g/mol. The van der Waals surface area contributed by atoms with Crippen molar-refractivity contribution in [3.05, 3.63) is 65.0 Å². The average Bonchev–Trinajstić information content (AvgIpc) is 4.03. The molecule has 1 unspecified atom stereocenters. The van der Waals surface area contributed by atoms with E-state index in [1.54, 1.807) is 0 Å². The van der Waals surface area contributed by atoms with E-state index in [2.05, 4.69) is 50.9 Å². The molecule has 4 atom stereocenters. The Morgan fingerprint density at radius 1 is 0.763 bits per heavy atom. The lowest BCUT2D eigenvalue weighted by Crippen LogP contribution is -2.53. The van der Waals surface area contributed by atoms with E-state index in [4.69, 9.17) is 24.2 Å². The van der Waals surface area contributed by atoms with E-state index >= 15 is 0 Å². The third-order valence-electron chi connectivity index (χ3n) is 12.3. The van der Waals surface area contributed by atoms with Crippen LogP contribution in [-0.2, 0) is 38.5 Å². The largest absolute Gasteiger partial charge is 0.488 e. The Morgan fingerprint density at radius 3 is 2.10 bits per heavy atom. The number of H-pyrrole nitrogens is 2. The summed E-state index contributed by atoms with van der Waals surface area (Å²) in [6.45, 7) is 9.23. The van der Waals surface area contributed by atoms with Crippen LogP contribution in [0.4, 0.5) is 9.59 Å². The molecule has 8 rings (SSSR count). The van der Waals surface area contributed by atoms with Crippen LogP contribution < -0.4 is 15.4 Å². The zero-order chi connectivity index (χ0) is 41.5. The molecule has 2 saturated heterocycles. The first kappa shape index (κ1) is 39.9. The summed E-state index contributed by atoms with van der Waals surface area (Å²) >= 11 is 0. The summed E-state index contributed by atoms with van der Waals surface area (Å²) in [5, 5.41) is 5.46. The number of rotatable bonds is 9. The highest BCUT2D eigenvalue weighted by atomic mass is 16.5. The van der Waals surface area contributed by atoms with Crippen molar-refractivity contribution in [2.45, 2.75) is 103 Å². The number of aryl methyl sites for hydroxylation is 2. The van der Waals surface area contributed by atoms with Gasteiger partial charge in [0.05, 0.1) is 43.9 Å². The lowest BCUT2D eigenvalue weighted by Gasteiger charge is -2.37. The summed E-state index contributed by atoms with van der Waals surface area (Å²) in [4.78, 5) is 72.4. The maximum atomic E-state index is 13.9. The van der Waals surface area contributed by atoms with Gasteiger partial charge in [-0.15, -0.1) is 0 Å². The number of carbonyl (C=O) groups is 4. The Labute approximate surface area is 344 Å². The molecule has 5 heterocycles. The number of piperidine rings is 1. The minimum Gasteiger partial charge on any atom is -0.488 e. The summed E-state index contributed by atoms with van der Waals surface area (Å²) in [6, 6.07) is 8.89. The number of alkyl carbamates (subject to hydrolysis) is 2. The van der Waals surface area contributed by atoms with Crippen LogP contribution in [0.2, 0.25) is 0 Å². The van der Waals surface area contributed by atoms with Crippen LogP contribution in [0.3, 0.4) is 0 Å². The van der Waals surface area contributed by atoms with Crippen LogP contribution in [0.5, 0.6) is 5.75 Å². The van der Waals surface area contributed by atoms with Crippen LogP contribution >= 0.6 is 0 Å². The molecular formula is C44H54N8O7. The molecule has 3 aliphatic heterocycles. The van der Waals surface area contributed by atoms with Crippen molar-refractivity contribution in [2.75, 3.05) is 27.3 Å². The quantitative estimate of drug-likeness (QED) is 0.145. The van der Waals surface area contributed by atoms with E-state index in [9.17, 15) is 19.2 Å². The van der Waals surface area contributed by atoms with Crippen molar-refractivity contribution < 1.29 is 33.4 Å². The second-order valence-corrected chi connectivity index (χ2v) is 16.7. The van der Waals surface area contributed by atoms with E-state index in [-0.39, 0.29) is 35.7 Å². The number of nitrogens with zero attached hydrogens (tertiary/aromatic N) is 4. The molecule has 4 N–H and O–H groups in total. The molecule has 15 heteroatoms. The van der Waals surface area contributed by atoms with E-state index in [1.165, 1.54) is 19.8 Å². The van der Waals surface area contributed by atoms with Crippen molar-refractivity contribution in [3.8, 4) is 39.4 Å². The number of methoxy groups -OCH3 is 2. The Morgan fingerprint density at radius 2 is 1.42 bits per heavy atom. The van der Waals surface area contributed by atoms with Gasteiger partial charge in [-0.2, -0.15) is 0 Å². The number of benzene rings is 2. The predicted octanol–water partition coefficient (Wildman–Crippen LogP) is 6.60. The van der Waals surface area contributed by atoms with Gasteiger partial charge >= 0.3 is 12.2 Å². The number of ether oxygens (including phenoxy) is 3. The van der Waals surface area contributed by atoms with Crippen molar-refractivity contribution in [1.29, 1.82) is 0 Å². The molecule has 0 bridgehead atoms. The van der Waals surface area contributed by atoms with Crippen LogP contribution in [0, 0.1) is 11.8 Å². The van der Waals surface area contributed by atoms with Gasteiger partial charge in [0.2, 0.25) is 11.8 Å². The highest BCUT2D eigenvalue weighted by Gasteiger charge is 2.39. The number of likely N-dealkylation sites (tertiary alicyclic amines) is 2. The summed E-state index contributed by atoms with van der Waals surface area (Å²) in [6.07, 6.45) is 6.48.